The second-order valence-corrected chi connectivity index (χ2v) is 9.98. The number of ether oxygens (including phenoxy) is 2. The van der Waals surface area contributed by atoms with E-state index in [-0.39, 0.29) is 19.4 Å². The highest BCUT2D eigenvalue weighted by Gasteiger charge is 2.44. The van der Waals surface area contributed by atoms with Crippen molar-refractivity contribution in [2.24, 2.45) is 5.92 Å². The van der Waals surface area contributed by atoms with E-state index in [4.69, 9.17) is 18.5 Å². The van der Waals surface area contributed by atoms with Gasteiger partial charge in [0.25, 0.3) is 0 Å². The molecule has 2 aliphatic heterocycles. The lowest BCUT2D eigenvalue weighted by Crippen LogP contribution is -2.57. The zero-order valence-electron chi connectivity index (χ0n) is 19.1. The zero-order chi connectivity index (χ0) is 24.9. The Morgan fingerprint density at radius 1 is 1.32 bits per heavy atom. The maximum Gasteiger partial charge on any atom is 0.406 e. The number of imide groups is 1. The van der Waals surface area contributed by atoms with Crippen LogP contribution in [-0.2, 0) is 39.1 Å². The number of nitrogens with zero attached hydrogens (tertiary/aromatic N) is 1. The van der Waals surface area contributed by atoms with Gasteiger partial charge in [0.1, 0.15) is 24.5 Å². The van der Waals surface area contributed by atoms with E-state index in [0.29, 0.717) is 0 Å². The summed E-state index contributed by atoms with van der Waals surface area (Å²) in [6.07, 6.45) is -3.54. The predicted octanol–water partition coefficient (Wildman–Crippen LogP) is 1.77. The molecule has 11 nitrogen and oxygen atoms in total. The van der Waals surface area contributed by atoms with Gasteiger partial charge in [0.2, 0.25) is 5.91 Å². The number of alkyl halides is 1. The first-order valence-electron chi connectivity index (χ1n) is 10.8. The molecule has 2 fully saturated rings. The van der Waals surface area contributed by atoms with Gasteiger partial charge in [-0.3, -0.25) is 24.3 Å². The molecule has 2 N–H and O–H groups in total. The molecule has 0 saturated carbocycles. The van der Waals surface area contributed by atoms with Crippen LogP contribution in [0.2, 0.25) is 0 Å². The number of carbonyl (C=O) groups excluding carboxylic acids is 3. The molecule has 2 heterocycles. The smallest absolute Gasteiger partial charge is 0.406 e. The molecule has 2 unspecified atom stereocenters. The molecule has 34 heavy (non-hydrogen) atoms. The highest BCUT2D eigenvalue weighted by Crippen LogP contribution is 2.44. The van der Waals surface area contributed by atoms with Crippen molar-refractivity contribution in [3.8, 4) is 0 Å². The first-order chi connectivity index (χ1) is 16.2. The number of halogens is 1. The van der Waals surface area contributed by atoms with Crippen molar-refractivity contribution in [3.05, 3.63) is 35.9 Å². The SMILES string of the molecule is COC(=O)[C@H](Cc1ccccc1)NP(=O)(OC)OC[C@H]1O[C@@H](N2CC(C)C(=O)NC2=O)C[C@@H]1F. The number of carbonyl (C=O) groups is 3. The predicted molar refractivity (Wildman–Crippen MR) is 117 cm³/mol. The average Bonchev–Trinajstić information content (AvgIpc) is 3.20. The van der Waals surface area contributed by atoms with E-state index in [0.717, 1.165) is 12.7 Å². The summed E-state index contributed by atoms with van der Waals surface area (Å²) in [4.78, 5) is 37.3. The second kappa shape index (κ2) is 11.4. The number of benzene rings is 1. The van der Waals surface area contributed by atoms with Gasteiger partial charge in [-0.25, -0.2) is 18.8 Å². The summed E-state index contributed by atoms with van der Waals surface area (Å²) in [7, 11) is -1.72. The molecule has 0 bridgehead atoms. The third-order valence-corrected chi connectivity index (χ3v) is 7.25. The summed E-state index contributed by atoms with van der Waals surface area (Å²) in [5.41, 5.74) is 0.784. The summed E-state index contributed by atoms with van der Waals surface area (Å²) in [5.74, 6) is -1.55. The van der Waals surface area contributed by atoms with Gasteiger partial charge in [-0.15, -0.1) is 0 Å². The normalized spacial score (nSPS) is 27.7. The summed E-state index contributed by atoms with van der Waals surface area (Å²) >= 11 is 0. The van der Waals surface area contributed by atoms with Crippen LogP contribution in [0.15, 0.2) is 30.3 Å². The molecule has 0 radical (unpaired) electrons. The van der Waals surface area contributed by atoms with Crippen molar-refractivity contribution < 1.29 is 41.9 Å². The summed E-state index contributed by atoms with van der Waals surface area (Å²) in [5, 5.41) is 4.76. The summed E-state index contributed by atoms with van der Waals surface area (Å²) in [6, 6.07) is 7.29. The number of hydrogen-bond donors (Lipinski definition) is 2. The molecule has 3 amide bonds. The quantitative estimate of drug-likeness (QED) is 0.364. The minimum Gasteiger partial charge on any atom is -0.468 e. The average molecular weight is 501 g/mol. The van der Waals surface area contributed by atoms with E-state index in [2.05, 4.69) is 10.4 Å². The molecule has 2 saturated heterocycles. The van der Waals surface area contributed by atoms with E-state index in [1.54, 1.807) is 31.2 Å². The largest absolute Gasteiger partial charge is 0.468 e. The number of urea groups is 1. The van der Waals surface area contributed by atoms with Crippen molar-refractivity contribution in [3.63, 3.8) is 0 Å². The number of esters is 1. The highest BCUT2D eigenvalue weighted by molar-refractivity contribution is 7.51. The first kappa shape index (κ1) is 26.2. The molecule has 6 atom stereocenters. The van der Waals surface area contributed by atoms with Crippen molar-refractivity contribution >= 4 is 25.7 Å². The first-order valence-corrected chi connectivity index (χ1v) is 12.3. The molecule has 0 aromatic heterocycles. The Hall–Kier alpha value is -2.37. The maximum atomic E-state index is 14.7. The topological polar surface area (TPSA) is 132 Å². The lowest BCUT2D eigenvalue weighted by atomic mass is 10.1. The monoisotopic (exact) mass is 501 g/mol. The van der Waals surface area contributed by atoms with Gasteiger partial charge in [-0.2, -0.15) is 0 Å². The maximum absolute atomic E-state index is 14.7. The van der Waals surface area contributed by atoms with Crippen molar-refractivity contribution in [1.29, 1.82) is 0 Å². The van der Waals surface area contributed by atoms with Gasteiger partial charge in [0.15, 0.2) is 0 Å². The highest BCUT2D eigenvalue weighted by atomic mass is 31.2. The Morgan fingerprint density at radius 2 is 2.03 bits per heavy atom. The molecule has 1 aromatic rings. The molecular formula is C21H29FN3O8P. The molecular weight excluding hydrogens is 472 g/mol. The Kier molecular flexibility index (Phi) is 8.78. The third-order valence-electron chi connectivity index (χ3n) is 5.65. The number of amides is 3. The van der Waals surface area contributed by atoms with Crippen LogP contribution in [-0.4, -0.2) is 74.7 Å². The van der Waals surface area contributed by atoms with Gasteiger partial charge >= 0.3 is 19.7 Å². The van der Waals surface area contributed by atoms with Gasteiger partial charge in [0, 0.05) is 20.1 Å². The zero-order valence-corrected chi connectivity index (χ0v) is 20.0. The van der Waals surface area contributed by atoms with E-state index < -0.39 is 62.7 Å². The van der Waals surface area contributed by atoms with Gasteiger partial charge in [-0.05, 0) is 12.0 Å². The van der Waals surface area contributed by atoms with E-state index in [1.807, 2.05) is 6.07 Å². The number of methoxy groups -OCH3 is 1. The van der Waals surface area contributed by atoms with Crippen LogP contribution in [0.25, 0.3) is 0 Å². The molecule has 2 aliphatic rings. The van der Waals surface area contributed by atoms with Crippen LogP contribution < -0.4 is 10.4 Å². The van der Waals surface area contributed by atoms with Crippen LogP contribution in [0.5, 0.6) is 0 Å². The molecule has 0 aliphatic carbocycles. The second-order valence-electron chi connectivity index (χ2n) is 8.10. The lowest BCUT2D eigenvalue weighted by molar-refractivity contribution is -0.142. The Balaban J connectivity index is 1.61. The van der Waals surface area contributed by atoms with Crippen LogP contribution >= 0.6 is 7.75 Å². The number of rotatable bonds is 10. The van der Waals surface area contributed by atoms with E-state index in [9.17, 15) is 23.3 Å². The Labute approximate surface area is 196 Å². The summed E-state index contributed by atoms with van der Waals surface area (Å²) in [6.45, 7) is 1.28. The van der Waals surface area contributed by atoms with Crippen molar-refractivity contribution in [2.45, 2.75) is 44.3 Å². The molecule has 1 aromatic carbocycles. The number of nitrogens with one attached hydrogen (secondary N) is 2. The van der Waals surface area contributed by atoms with E-state index >= 15 is 0 Å². The van der Waals surface area contributed by atoms with Crippen LogP contribution in [0.4, 0.5) is 9.18 Å². The van der Waals surface area contributed by atoms with Crippen LogP contribution in [0.1, 0.15) is 18.9 Å². The van der Waals surface area contributed by atoms with E-state index in [1.165, 1.54) is 12.0 Å². The minimum absolute atomic E-state index is 0.0913. The molecule has 0 spiro atoms. The van der Waals surface area contributed by atoms with Crippen molar-refractivity contribution in [1.82, 2.24) is 15.3 Å². The Bertz CT molecular complexity index is 936. The third kappa shape index (κ3) is 6.39. The Morgan fingerprint density at radius 3 is 2.68 bits per heavy atom. The molecule has 3 rings (SSSR count). The standard InChI is InChI=1S/C21H29FN3O8P/c1-13-11-25(21(28)23-19(13)26)18-10-15(22)17(33-18)12-32-34(29,31-3)24-16(20(27)30-2)9-14-7-5-4-6-8-14/h4-8,13,15-18H,9-12H2,1-3H3,(H,24,29)(H,23,26,28)/t13?,15-,16-,17+,18+,34?/m0/s1. The number of hydrogen-bond acceptors (Lipinski definition) is 8. The minimum atomic E-state index is -4.06. The lowest BCUT2D eigenvalue weighted by Gasteiger charge is -2.34. The van der Waals surface area contributed by atoms with Gasteiger partial charge in [-0.1, -0.05) is 37.3 Å². The fourth-order valence-electron chi connectivity index (χ4n) is 3.72. The molecule has 188 valence electrons. The fraction of sp³-hybridized carbons (Fsp3) is 0.571. The fourth-order valence-corrected chi connectivity index (χ4v) is 4.93. The van der Waals surface area contributed by atoms with Gasteiger partial charge in [0.05, 0.1) is 19.6 Å². The molecule has 13 heteroatoms. The summed E-state index contributed by atoms with van der Waals surface area (Å²) < 4.78 is 48.6. The van der Waals surface area contributed by atoms with Crippen molar-refractivity contribution in [2.75, 3.05) is 27.4 Å². The van der Waals surface area contributed by atoms with Crippen LogP contribution in [0, 0.1) is 5.92 Å². The van der Waals surface area contributed by atoms with Crippen LogP contribution in [0.3, 0.4) is 0 Å². The van der Waals surface area contributed by atoms with Gasteiger partial charge < -0.3 is 14.0 Å².